The van der Waals surface area contributed by atoms with Crippen LogP contribution in [-0.4, -0.2) is 12.2 Å². The molecule has 7 aromatic rings. The molecule has 1 unspecified atom stereocenters. The highest BCUT2D eigenvalue weighted by Gasteiger charge is 2.22. The maximum Gasteiger partial charge on any atom is 0.138 e. The molecule has 1 heterocycles. The topological polar surface area (TPSA) is 42.6 Å². The van der Waals surface area contributed by atoms with Crippen LogP contribution in [-0.2, 0) is 0 Å². The smallest absolute Gasteiger partial charge is 0.138 e. The maximum absolute atomic E-state index is 11.6. The summed E-state index contributed by atoms with van der Waals surface area (Å²) < 4.78 is 11.4. The fraction of sp³-hybridized carbons (Fsp3) is 0.0667. The number of aliphatic hydroxyl groups is 1. The van der Waals surface area contributed by atoms with E-state index in [9.17, 15) is 5.11 Å². The predicted molar refractivity (Wildman–Crippen MR) is 134 cm³/mol. The van der Waals surface area contributed by atoms with Crippen LogP contribution in [0.3, 0.4) is 0 Å². The zero-order valence-electron chi connectivity index (χ0n) is 18.0. The molecular formula is C30H20O3. The van der Waals surface area contributed by atoms with E-state index in [4.69, 9.17) is 9.15 Å². The minimum Gasteiger partial charge on any atom is -0.497 e. The maximum atomic E-state index is 11.6. The van der Waals surface area contributed by atoms with Crippen molar-refractivity contribution in [1.82, 2.24) is 0 Å². The SMILES string of the molecule is COc1ccc2cc(C(O)c3ccc4cccc5c6cccc7cccc(c3c45)c76)oc2c1. The van der Waals surface area contributed by atoms with Crippen molar-refractivity contribution in [2.75, 3.05) is 7.11 Å². The first-order valence-electron chi connectivity index (χ1n) is 11.1. The number of methoxy groups -OCH3 is 1. The molecule has 0 aliphatic heterocycles. The number of rotatable bonds is 3. The molecule has 0 radical (unpaired) electrons. The molecule has 158 valence electrons. The number of ether oxygens (including phenoxy) is 1. The second kappa shape index (κ2) is 6.71. The van der Waals surface area contributed by atoms with Crippen molar-refractivity contribution < 1.29 is 14.3 Å². The summed E-state index contributed by atoms with van der Waals surface area (Å²) in [6.45, 7) is 0. The van der Waals surface area contributed by atoms with Gasteiger partial charge in [-0.05, 0) is 66.9 Å². The van der Waals surface area contributed by atoms with Crippen LogP contribution in [0.25, 0.3) is 54.1 Å². The van der Waals surface area contributed by atoms with Crippen molar-refractivity contribution in [2.24, 2.45) is 0 Å². The van der Waals surface area contributed by atoms with E-state index in [1.165, 1.54) is 32.3 Å². The van der Waals surface area contributed by atoms with Gasteiger partial charge in [-0.2, -0.15) is 0 Å². The molecule has 7 rings (SSSR count). The van der Waals surface area contributed by atoms with Gasteiger partial charge < -0.3 is 14.3 Å². The van der Waals surface area contributed by atoms with Gasteiger partial charge in [0.15, 0.2) is 0 Å². The van der Waals surface area contributed by atoms with E-state index in [0.29, 0.717) is 11.3 Å². The van der Waals surface area contributed by atoms with Crippen LogP contribution in [0.5, 0.6) is 5.75 Å². The Morgan fingerprint density at radius 1 is 0.667 bits per heavy atom. The van der Waals surface area contributed by atoms with E-state index in [1.807, 2.05) is 30.3 Å². The Bertz CT molecular complexity index is 1820. The highest BCUT2D eigenvalue weighted by Crippen LogP contribution is 2.44. The monoisotopic (exact) mass is 428 g/mol. The summed E-state index contributed by atoms with van der Waals surface area (Å²) in [5.41, 5.74) is 1.55. The first-order chi connectivity index (χ1) is 16.2. The minimum absolute atomic E-state index is 0.525. The molecule has 0 spiro atoms. The van der Waals surface area contributed by atoms with E-state index in [2.05, 4.69) is 60.7 Å². The van der Waals surface area contributed by atoms with E-state index >= 15 is 0 Å². The Kier molecular flexibility index (Phi) is 3.76. The molecule has 0 saturated carbocycles. The van der Waals surface area contributed by atoms with Crippen LogP contribution < -0.4 is 4.74 Å². The van der Waals surface area contributed by atoms with E-state index in [1.54, 1.807) is 7.11 Å². The molecule has 33 heavy (non-hydrogen) atoms. The lowest BCUT2D eigenvalue weighted by molar-refractivity contribution is 0.194. The van der Waals surface area contributed by atoms with Crippen LogP contribution in [0.4, 0.5) is 0 Å². The lowest BCUT2D eigenvalue weighted by Gasteiger charge is -2.19. The Hall–Kier alpha value is -4.08. The molecule has 0 saturated heterocycles. The van der Waals surface area contributed by atoms with Crippen LogP contribution >= 0.6 is 0 Å². The molecule has 0 aliphatic rings. The summed E-state index contributed by atoms with van der Waals surface area (Å²) in [4.78, 5) is 0. The van der Waals surface area contributed by atoms with Crippen molar-refractivity contribution >= 4 is 54.1 Å². The number of hydrogen-bond donors (Lipinski definition) is 1. The van der Waals surface area contributed by atoms with Gasteiger partial charge in [0, 0.05) is 11.5 Å². The highest BCUT2D eigenvalue weighted by molar-refractivity contribution is 6.33. The third-order valence-corrected chi connectivity index (χ3v) is 6.85. The average molecular weight is 428 g/mol. The standard InChI is InChI=1S/C30H20O3/c1-32-20-13-11-19-15-26(33-25(19)16-20)30(31)24-14-12-18-7-3-9-22-21-8-2-5-17-6-4-10-23(27(17)21)29(24)28(18)22/h2-16,30-31H,1H3. The lowest BCUT2D eigenvalue weighted by atomic mass is 9.86. The summed E-state index contributed by atoms with van der Waals surface area (Å²) in [5, 5.41) is 22.0. The second-order valence-corrected chi connectivity index (χ2v) is 8.60. The average Bonchev–Trinajstić information content (AvgIpc) is 3.29. The fourth-order valence-electron chi connectivity index (χ4n) is 5.36. The molecule has 1 aromatic heterocycles. The minimum atomic E-state index is -0.892. The molecule has 3 heteroatoms. The molecular weight excluding hydrogens is 408 g/mol. The molecule has 0 bridgehead atoms. The predicted octanol–water partition coefficient (Wildman–Crippen LogP) is 7.57. The third-order valence-electron chi connectivity index (χ3n) is 6.85. The van der Waals surface area contributed by atoms with Gasteiger partial charge in [-0.3, -0.25) is 0 Å². The van der Waals surface area contributed by atoms with Gasteiger partial charge in [-0.15, -0.1) is 0 Å². The molecule has 6 aromatic carbocycles. The van der Waals surface area contributed by atoms with E-state index < -0.39 is 6.10 Å². The van der Waals surface area contributed by atoms with Crippen molar-refractivity contribution in [1.29, 1.82) is 0 Å². The zero-order chi connectivity index (χ0) is 22.1. The van der Waals surface area contributed by atoms with Gasteiger partial charge in [-0.25, -0.2) is 0 Å². The fourth-order valence-corrected chi connectivity index (χ4v) is 5.36. The molecule has 0 amide bonds. The molecule has 3 nitrogen and oxygen atoms in total. The highest BCUT2D eigenvalue weighted by atomic mass is 16.5. The Morgan fingerprint density at radius 2 is 1.33 bits per heavy atom. The van der Waals surface area contributed by atoms with Gasteiger partial charge in [-0.1, -0.05) is 66.7 Å². The van der Waals surface area contributed by atoms with Crippen LogP contribution in [0, 0.1) is 0 Å². The Balaban J connectivity index is 1.58. The quantitative estimate of drug-likeness (QED) is 0.233. The van der Waals surface area contributed by atoms with Crippen LogP contribution in [0.2, 0.25) is 0 Å². The molecule has 0 fully saturated rings. The van der Waals surface area contributed by atoms with Crippen LogP contribution in [0.15, 0.2) is 95.4 Å². The number of fused-ring (bicyclic) bond motifs is 3. The Labute approximate surface area is 189 Å². The number of benzene rings is 6. The normalized spacial score (nSPS) is 13.0. The number of furan rings is 1. The summed E-state index contributed by atoms with van der Waals surface area (Å²) in [7, 11) is 1.63. The van der Waals surface area contributed by atoms with Crippen molar-refractivity contribution in [3.63, 3.8) is 0 Å². The van der Waals surface area contributed by atoms with Gasteiger partial charge in [0.1, 0.15) is 23.2 Å². The Morgan fingerprint density at radius 3 is 2.09 bits per heavy atom. The summed E-state index contributed by atoms with van der Waals surface area (Å²) in [5.74, 6) is 1.25. The first kappa shape index (κ1) is 18.5. The van der Waals surface area contributed by atoms with E-state index in [0.717, 1.165) is 27.5 Å². The molecule has 1 N–H and O–H groups in total. The van der Waals surface area contributed by atoms with Crippen molar-refractivity contribution in [3.05, 3.63) is 102 Å². The number of aliphatic hydroxyl groups excluding tert-OH is 1. The summed E-state index contributed by atoms with van der Waals surface area (Å²) in [6.07, 6.45) is -0.892. The molecule has 0 aliphatic carbocycles. The third kappa shape index (κ3) is 2.54. The molecule has 1 atom stereocenters. The van der Waals surface area contributed by atoms with Gasteiger partial charge in [0.2, 0.25) is 0 Å². The zero-order valence-corrected chi connectivity index (χ0v) is 18.0. The second-order valence-electron chi connectivity index (χ2n) is 8.60. The van der Waals surface area contributed by atoms with E-state index in [-0.39, 0.29) is 0 Å². The summed E-state index contributed by atoms with van der Waals surface area (Å²) >= 11 is 0. The van der Waals surface area contributed by atoms with Gasteiger partial charge in [0.25, 0.3) is 0 Å². The van der Waals surface area contributed by atoms with Gasteiger partial charge in [0.05, 0.1) is 7.11 Å². The largest absolute Gasteiger partial charge is 0.497 e. The van der Waals surface area contributed by atoms with Crippen molar-refractivity contribution in [3.8, 4) is 5.75 Å². The summed E-state index contributed by atoms with van der Waals surface area (Å²) in [6, 6.07) is 31.1. The van der Waals surface area contributed by atoms with Gasteiger partial charge >= 0.3 is 0 Å². The first-order valence-corrected chi connectivity index (χ1v) is 11.1. The lowest BCUT2D eigenvalue weighted by Crippen LogP contribution is -2.00. The van der Waals surface area contributed by atoms with Crippen LogP contribution in [0.1, 0.15) is 17.4 Å². The van der Waals surface area contributed by atoms with Crippen molar-refractivity contribution in [2.45, 2.75) is 6.10 Å². The number of hydrogen-bond acceptors (Lipinski definition) is 3.